The van der Waals surface area contributed by atoms with Crippen LogP contribution in [0.1, 0.15) is 37.7 Å². The average molecular weight is 279 g/mol. The van der Waals surface area contributed by atoms with E-state index in [4.69, 9.17) is 11.6 Å². The second kappa shape index (κ2) is 5.82. The summed E-state index contributed by atoms with van der Waals surface area (Å²) in [5.41, 5.74) is 1.36. The normalized spacial score (nSPS) is 29.2. The molecule has 2 aliphatic heterocycles. The average Bonchev–Trinajstić information content (AvgIpc) is 2.63. The summed E-state index contributed by atoms with van der Waals surface area (Å²) in [6, 6.07) is 9.87. The third-order valence-electron chi connectivity index (χ3n) is 4.71. The molecule has 0 radical (unpaired) electrons. The fourth-order valence-electron chi connectivity index (χ4n) is 3.61. The number of hydrogen-bond acceptors (Lipinski definition) is 2. The summed E-state index contributed by atoms with van der Waals surface area (Å²) >= 11 is 6.10. The fourth-order valence-corrected chi connectivity index (χ4v) is 3.81. The van der Waals surface area contributed by atoms with Gasteiger partial charge in [-0.1, -0.05) is 30.7 Å². The zero-order valence-corrected chi connectivity index (χ0v) is 12.4. The van der Waals surface area contributed by atoms with Crippen LogP contribution in [-0.2, 0) is 0 Å². The highest BCUT2D eigenvalue weighted by Crippen LogP contribution is 2.31. The Balaban J connectivity index is 1.70. The van der Waals surface area contributed by atoms with Crippen LogP contribution >= 0.6 is 11.6 Å². The van der Waals surface area contributed by atoms with Crippen molar-refractivity contribution in [1.82, 2.24) is 10.2 Å². The Morgan fingerprint density at radius 3 is 3.00 bits per heavy atom. The minimum absolute atomic E-state index is 0.555. The lowest BCUT2D eigenvalue weighted by Gasteiger charge is -2.30. The predicted molar refractivity (Wildman–Crippen MR) is 80.9 cm³/mol. The highest BCUT2D eigenvalue weighted by molar-refractivity contribution is 6.30. The third kappa shape index (κ3) is 2.96. The Morgan fingerprint density at radius 2 is 2.16 bits per heavy atom. The Bertz CT molecular complexity index is 421. The summed E-state index contributed by atoms with van der Waals surface area (Å²) in [6.45, 7) is 5.84. The van der Waals surface area contributed by atoms with Crippen molar-refractivity contribution in [3.63, 3.8) is 0 Å². The van der Waals surface area contributed by atoms with Crippen LogP contribution in [0, 0.1) is 0 Å². The quantitative estimate of drug-likeness (QED) is 0.913. The first-order valence-electron chi connectivity index (χ1n) is 7.46. The van der Waals surface area contributed by atoms with E-state index >= 15 is 0 Å². The lowest BCUT2D eigenvalue weighted by atomic mass is 10.00. The Kier molecular flexibility index (Phi) is 4.11. The van der Waals surface area contributed by atoms with Gasteiger partial charge in [0, 0.05) is 30.2 Å². The molecule has 1 aromatic carbocycles. The number of nitrogens with zero attached hydrogens (tertiary/aromatic N) is 1. The van der Waals surface area contributed by atoms with Crippen molar-refractivity contribution in [2.45, 2.75) is 44.2 Å². The number of halogens is 1. The number of rotatable bonds is 3. The molecule has 3 rings (SSSR count). The number of hydrogen-bond donors (Lipinski definition) is 1. The molecule has 0 aromatic heterocycles. The maximum absolute atomic E-state index is 6.10. The van der Waals surface area contributed by atoms with Gasteiger partial charge in [-0.25, -0.2) is 0 Å². The fraction of sp³-hybridized carbons (Fsp3) is 0.625. The van der Waals surface area contributed by atoms with Gasteiger partial charge in [-0.15, -0.1) is 0 Å². The zero-order chi connectivity index (χ0) is 13.2. The predicted octanol–water partition coefficient (Wildman–Crippen LogP) is 3.27. The van der Waals surface area contributed by atoms with Gasteiger partial charge in [0.05, 0.1) is 0 Å². The number of fused-ring (bicyclic) bond motifs is 2. The molecule has 3 heteroatoms. The zero-order valence-electron chi connectivity index (χ0n) is 11.6. The van der Waals surface area contributed by atoms with Gasteiger partial charge in [0.1, 0.15) is 0 Å². The largest absolute Gasteiger partial charge is 0.315 e. The molecule has 1 N–H and O–H groups in total. The Morgan fingerprint density at radius 1 is 1.32 bits per heavy atom. The van der Waals surface area contributed by atoms with Crippen molar-refractivity contribution in [3.05, 3.63) is 34.9 Å². The maximum Gasteiger partial charge on any atom is 0.0408 e. The summed E-state index contributed by atoms with van der Waals surface area (Å²) in [5, 5.41) is 4.42. The Labute approximate surface area is 121 Å². The van der Waals surface area contributed by atoms with Crippen LogP contribution in [0.2, 0.25) is 5.02 Å². The monoisotopic (exact) mass is 278 g/mol. The smallest absolute Gasteiger partial charge is 0.0408 e. The van der Waals surface area contributed by atoms with Crippen molar-refractivity contribution in [3.8, 4) is 0 Å². The molecule has 0 aliphatic carbocycles. The van der Waals surface area contributed by atoms with E-state index < -0.39 is 0 Å². The molecule has 2 saturated heterocycles. The van der Waals surface area contributed by atoms with Crippen molar-refractivity contribution in [2.24, 2.45) is 0 Å². The number of benzene rings is 1. The van der Waals surface area contributed by atoms with E-state index in [-0.39, 0.29) is 0 Å². The van der Waals surface area contributed by atoms with Gasteiger partial charge in [0.15, 0.2) is 0 Å². The maximum atomic E-state index is 6.10. The van der Waals surface area contributed by atoms with Crippen molar-refractivity contribution in [1.29, 1.82) is 0 Å². The van der Waals surface area contributed by atoms with Gasteiger partial charge in [-0.2, -0.15) is 0 Å². The van der Waals surface area contributed by atoms with Crippen LogP contribution in [0.5, 0.6) is 0 Å². The molecule has 19 heavy (non-hydrogen) atoms. The summed E-state index contributed by atoms with van der Waals surface area (Å²) in [5.74, 6) is 0.555. The van der Waals surface area contributed by atoms with E-state index in [2.05, 4.69) is 35.3 Å². The minimum atomic E-state index is 0.555. The first-order valence-corrected chi connectivity index (χ1v) is 7.84. The first kappa shape index (κ1) is 13.4. The molecule has 0 spiro atoms. The minimum Gasteiger partial charge on any atom is -0.315 e. The summed E-state index contributed by atoms with van der Waals surface area (Å²) in [6.07, 6.45) is 4.05. The summed E-state index contributed by atoms with van der Waals surface area (Å²) in [4.78, 5) is 2.74. The standard InChI is InChI=1S/C16H23ClN2/c1-12(13-3-2-4-14(17)9-13)11-19-15-5-6-16(19)10-18-8-7-15/h2-4,9,12,15-16,18H,5-8,10-11H2,1H3. The van der Waals surface area contributed by atoms with Gasteiger partial charge in [-0.3, -0.25) is 4.90 Å². The van der Waals surface area contributed by atoms with Crippen LogP contribution in [0.25, 0.3) is 0 Å². The number of nitrogens with one attached hydrogen (secondary N) is 1. The highest BCUT2D eigenvalue weighted by atomic mass is 35.5. The molecule has 2 bridgehead atoms. The molecule has 2 aliphatic rings. The second-order valence-electron chi connectivity index (χ2n) is 6.03. The van der Waals surface area contributed by atoms with Crippen molar-refractivity contribution >= 4 is 11.6 Å². The molecule has 2 fully saturated rings. The van der Waals surface area contributed by atoms with Gasteiger partial charge in [0.2, 0.25) is 0 Å². The lowest BCUT2D eigenvalue weighted by molar-refractivity contribution is 0.192. The lowest BCUT2D eigenvalue weighted by Crippen LogP contribution is -2.40. The van der Waals surface area contributed by atoms with Crippen LogP contribution in [0.3, 0.4) is 0 Å². The van der Waals surface area contributed by atoms with Gasteiger partial charge in [-0.05, 0) is 49.4 Å². The Hall–Kier alpha value is -0.570. The van der Waals surface area contributed by atoms with Gasteiger partial charge >= 0.3 is 0 Å². The molecular formula is C16H23ClN2. The van der Waals surface area contributed by atoms with Crippen LogP contribution in [0.4, 0.5) is 0 Å². The highest BCUT2D eigenvalue weighted by Gasteiger charge is 2.35. The van der Waals surface area contributed by atoms with Crippen LogP contribution < -0.4 is 5.32 Å². The molecule has 104 valence electrons. The van der Waals surface area contributed by atoms with E-state index in [0.717, 1.165) is 23.7 Å². The molecule has 3 atom stereocenters. The van der Waals surface area contributed by atoms with Crippen molar-refractivity contribution in [2.75, 3.05) is 19.6 Å². The van der Waals surface area contributed by atoms with E-state index in [0.29, 0.717) is 5.92 Å². The van der Waals surface area contributed by atoms with E-state index in [1.165, 1.54) is 37.9 Å². The molecule has 0 amide bonds. The van der Waals surface area contributed by atoms with E-state index in [9.17, 15) is 0 Å². The van der Waals surface area contributed by atoms with Crippen LogP contribution in [-0.4, -0.2) is 36.6 Å². The first-order chi connectivity index (χ1) is 9.24. The van der Waals surface area contributed by atoms with Gasteiger partial charge in [0.25, 0.3) is 0 Å². The molecule has 0 saturated carbocycles. The van der Waals surface area contributed by atoms with Gasteiger partial charge < -0.3 is 5.32 Å². The molecule has 2 nitrogen and oxygen atoms in total. The molecule has 3 unspecified atom stereocenters. The third-order valence-corrected chi connectivity index (χ3v) is 4.94. The molecule has 1 aromatic rings. The molecular weight excluding hydrogens is 256 g/mol. The van der Waals surface area contributed by atoms with Crippen molar-refractivity contribution < 1.29 is 0 Å². The van der Waals surface area contributed by atoms with E-state index in [1.54, 1.807) is 0 Å². The summed E-state index contributed by atoms with van der Waals surface area (Å²) < 4.78 is 0. The second-order valence-corrected chi connectivity index (χ2v) is 6.47. The topological polar surface area (TPSA) is 15.3 Å². The SMILES string of the molecule is CC(CN1C2CCNCC1CC2)c1cccc(Cl)c1. The van der Waals surface area contributed by atoms with Crippen LogP contribution in [0.15, 0.2) is 24.3 Å². The van der Waals surface area contributed by atoms with E-state index in [1.807, 2.05) is 6.07 Å². The molecule has 2 heterocycles. The summed E-state index contributed by atoms with van der Waals surface area (Å²) in [7, 11) is 0.